The monoisotopic (exact) mass is 308 g/mol. The Morgan fingerprint density at radius 2 is 2.10 bits per heavy atom. The van der Waals surface area contributed by atoms with Gasteiger partial charge in [-0.2, -0.15) is 0 Å². The van der Waals surface area contributed by atoms with E-state index in [4.69, 9.17) is 4.74 Å². The van der Waals surface area contributed by atoms with E-state index >= 15 is 0 Å². The summed E-state index contributed by atoms with van der Waals surface area (Å²) < 4.78 is 5.25. The van der Waals surface area contributed by atoms with Crippen LogP contribution in [0, 0.1) is 12.3 Å². The molecule has 0 aliphatic carbocycles. The fraction of sp³-hybridized carbons (Fsp3) is 0.765. The molecule has 0 aromatic carbocycles. The van der Waals surface area contributed by atoms with E-state index in [1.54, 1.807) is 12.0 Å². The number of hydrogen-bond acceptors (Lipinski definition) is 4. The van der Waals surface area contributed by atoms with Gasteiger partial charge in [0.15, 0.2) is 0 Å². The number of piperidine rings is 1. The molecule has 3 heterocycles. The van der Waals surface area contributed by atoms with Crippen LogP contribution in [-0.4, -0.2) is 56.2 Å². The van der Waals surface area contributed by atoms with Gasteiger partial charge in [0, 0.05) is 38.2 Å². The molecule has 0 bridgehead atoms. The van der Waals surface area contributed by atoms with Crippen LogP contribution in [0.25, 0.3) is 0 Å². The molecule has 2 aliphatic heterocycles. The Kier molecular flexibility index (Phi) is 4.99. The molecule has 1 atom stereocenters. The topological polar surface area (TPSA) is 15.7 Å². The third kappa shape index (κ3) is 3.67. The standard InChI is InChI=1S/C17H28N2OS/c1-15-4-11-21-16(15)12-19-8-6-17(14-19)5-3-7-18(13-17)9-10-20-2/h4,11H,3,5-10,12-14H2,1-2H3. The van der Waals surface area contributed by atoms with Crippen LogP contribution in [0.15, 0.2) is 11.4 Å². The maximum atomic E-state index is 5.25. The Bertz CT molecular complexity index is 461. The molecule has 1 spiro atoms. The minimum Gasteiger partial charge on any atom is -0.383 e. The summed E-state index contributed by atoms with van der Waals surface area (Å²) in [4.78, 5) is 6.85. The van der Waals surface area contributed by atoms with E-state index in [1.165, 1.54) is 51.0 Å². The number of nitrogens with zero attached hydrogens (tertiary/aromatic N) is 2. The van der Waals surface area contributed by atoms with Crippen LogP contribution in [0.1, 0.15) is 29.7 Å². The van der Waals surface area contributed by atoms with Crippen LogP contribution in [0.3, 0.4) is 0 Å². The predicted octanol–water partition coefficient (Wildman–Crippen LogP) is 2.99. The van der Waals surface area contributed by atoms with Crippen molar-refractivity contribution in [3.63, 3.8) is 0 Å². The molecule has 21 heavy (non-hydrogen) atoms. The summed E-state index contributed by atoms with van der Waals surface area (Å²) in [7, 11) is 1.81. The molecule has 1 aromatic heterocycles. The van der Waals surface area contributed by atoms with Gasteiger partial charge in [-0.05, 0) is 61.7 Å². The Labute approximate surface area is 132 Å². The van der Waals surface area contributed by atoms with E-state index in [1.807, 2.05) is 11.3 Å². The van der Waals surface area contributed by atoms with Crippen LogP contribution < -0.4 is 0 Å². The molecular weight excluding hydrogens is 280 g/mol. The highest BCUT2D eigenvalue weighted by molar-refractivity contribution is 7.10. The first-order valence-electron chi connectivity index (χ1n) is 8.17. The summed E-state index contributed by atoms with van der Waals surface area (Å²) in [6, 6.07) is 2.25. The summed E-state index contributed by atoms with van der Waals surface area (Å²) in [5.41, 5.74) is 2.02. The summed E-state index contributed by atoms with van der Waals surface area (Å²) in [6.07, 6.45) is 4.15. The quantitative estimate of drug-likeness (QED) is 0.832. The van der Waals surface area contributed by atoms with Gasteiger partial charge in [-0.1, -0.05) is 0 Å². The lowest BCUT2D eigenvalue weighted by Gasteiger charge is -2.40. The lowest BCUT2D eigenvalue weighted by atomic mass is 9.79. The van der Waals surface area contributed by atoms with Crippen LogP contribution in [0.2, 0.25) is 0 Å². The van der Waals surface area contributed by atoms with E-state index in [-0.39, 0.29) is 0 Å². The molecule has 0 saturated carbocycles. The van der Waals surface area contributed by atoms with Gasteiger partial charge >= 0.3 is 0 Å². The molecule has 0 N–H and O–H groups in total. The third-order valence-electron chi connectivity index (χ3n) is 5.20. The van der Waals surface area contributed by atoms with Crippen LogP contribution in [0.4, 0.5) is 0 Å². The minimum atomic E-state index is 0.553. The second-order valence-electron chi connectivity index (χ2n) is 6.86. The number of thiophene rings is 1. The molecule has 118 valence electrons. The highest BCUT2D eigenvalue weighted by Crippen LogP contribution is 2.39. The number of likely N-dealkylation sites (tertiary alicyclic amines) is 2. The maximum absolute atomic E-state index is 5.25. The number of rotatable bonds is 5. The molecule has 3 rings (SSSR count). The number of methoxy groups -OCH3 is 1. The minimum absolute atomic E-state index is 0.553. The van der Waals surface area contributed by atoms with Crippen molar-refractivity contribution >= 4 is 11.3 Å². The maximum Gasteiger partial charge on any atom is 0.0589 e. The van der Waals surface area contributed by atoms with Gasteiger partial charge in [0.05, 0.1) is 6.61 Å². The zero-order valence-corrected chi connectivity index (χ0v) is 14.3. The molecule has 3 nitrogen and oxygen atoms in total. The molecule has 0 radical (unpaired) electrons. The molecule has 1 unspecified atom stereocenters. The zero-order chi connectivity index (χ0) is 14.7. The number of aryl methyl sites for hydroxylation is 1. The lowest BCUT2D eigenvalue weighted by Crippen LogP contribution is -2.45. The Morgan fingerprint density at radius 1 is 1.24 bits per heavy atom. The largest absolute Gasteiger partial charge is 0.383 e. The highest BCUT2D eigenvalue weighted by Gasteiger charge is 2.41. The van der Waals surface area contributed by atoms with Gasteiger partial charge in [0.2, 0.25) is 0 Å². The van der Waals surface area contributed by atoms with E-state index < -0.39 is 0 Å². The zero-order valence-electron chi connectivity index (χ0n) is 13.4. The number of hydrogen-bond donors (Lipinski definition) is 0. The summed E-state index contributed by atoms with van der Waals surface area (Å²) in [5, 5.41) is 2.23. The first-order valence-corrected chi connectivity index (χ1v) is 9.05. The van der Waals surface area contributed by atoms with Crippen molar-refractivity contribution in [3.05, 3.63) is 21.9 Å². The van der Waals surface area contributed by atoms with Crippen molar-refractivity contribution in [2.45, 2.75) is 32.7 Å². The van der Waals surface area contributed by atoms with Crippen LogP contribution in [-0.2, 0) is 11.3 Å². The molecule has 1 aromatic rings. The summed E-state index contributed by atoms with van der Waals surface area (Å²) >= 11 is 1.91. The van der Waals surface area contributed by atoms with Gasteiger partial charge in [-0.25, -0.2) is 0 Å². The summed E-state index contributed by atoms with van der Waals surface area (Å²) in [6.45, 7) is 10.5. The van der Waals surface area contributed by atoms with Crippen molar-refractivity contribution < 1.29 is 4.74 Å². The Balaban J connectivity index is 1.56. The van der Waals surface area contributed by atoms with Crippen molar-refractivity contribution in [2.75, 3.05) is 46.4 Å². The van der Waals surface area contributed by atoms with E-state index in [0.29, 0.717) is 5.41 Å². The van der Waals surface area contributed by atoms with E-state index in [0.717, 1.165) is 19.7 Å². The number of ether oxygens (including phenoxy) is 1. The average Bonchev–Trinajstić information content (AvgIpc) is 3.05. The predicted molar refractivity (Wildman–Crippen MR) is 88.9 cm³/mol. The van der Waals surface area contributed by atoms with Crippen LogP contribution in [0.5, 0.6) is 0 Å². The third-order valence-corrected chi connectivity index (χ3v) is 6.21. The average molecular weight is 308 g/mol. The first-order chi connectivity index (χ1) is 10.2. The molecule has 2 aliphatic rings. The SMILES string of the molecule is COCCN1CCCC2(CCN(Cc3sccc3C)C2)C1. The Morgan fingerprint density at radius 3 is 2.86 bits per heavy atom. The first kappa shape index (κ1) is 15.5. The van der Waals surface area contributed by atoms with Crippen molar-refractivity contribution in [3.8, 4) is 0 Å². The van der Waals surface area contributed by atoms with Gasteiger partial charge in [0.1, 0.15) is 0 Å². The van der Waals surface area contributed by atoms with E-state index in [9.17, 15) is 0 Å². The van der Waals surface area contributed by atoms with Crippen molar-refractivity contribution in [1.29, 1.82) is 0 Å². The van der Waals surface area contributed by atoms with Gasteiger partial charge in [-0.3, -0.25) is 4.90 Å². The molecule has 2 fully saturated rings. The highest BCUT2D eigenvalue weighted by atomic mass is 32.1. The van der Waals surface area contributed by atoms with Crippen molar-refractivity contribution in [2.24, 2.45) is 5.41 Å². The van der Waals surface area contributed by atoms with E-state index in [2.05, 4.69) is 28.2 Å². The molecule has 0 amide bonds. The fourth-order valence-corrected chi connectivity index (χ4v) is 4.93. The Hall–Kier alpha value is -0.420. The fourth-order valence-electron chi connectivity index (χ4n) is 3.99. The second-order valence-corrected chi connectivity index (χ2v) is 7.86. The molecule has 2 saturated heterocycles. The van der Waals surface area contributed by atoms with Gasteiger partial charge in [-0.15, -0.1) is 11.3 Å². The van der Waals surface area contributed by atoms with Crippen molar-refractivity contribution in [1.82, 2.24) is 9.80 Å². The molecular formula is C17H28N2OS. The van der Waals surface area contributed by atoms with Crippen LogP contribution >= 0.6 is 11.3 Å². The lowest BCUT2D eigenvalue weighted by molar-refractivity contribution is 0.0674. The van der Waals surface area contributed by atoms with Gasteiger partial charge in [0.25, 0.3) is 0 Å². The molecule has 4 heteroatoms. The van der Waals surface area contributed by atoms with Gasteiger partial charge < -0.3 is 9.64 Å². The smallest absolute Gasteiger partial charge is 0.0589 e. The normalized spacial score (nSPS) is 27.7. The summed E-state index contributed by atoms with van der Waals surface area (Å²) in [5.74, 6) is 0. The second kappa shape index (κ2) is 6.78.